The van der Waals surface area contributed by atoms with Crippen molar-refractivity contribution in [3.63, 3.8) is 0 Å². The van der Waals surface area contributed by atoms with Crippen LogP contribution in [-0.2, 0) is 16.1 Å². The summed E-state index contributed by atoms with van der Waals surface area (Å²) in [5.41, 5.74) is 1.07. The Morgan fingerprint density at radius 1 is 1.24 bits per heavy atom. The second-order valence-corrected chi connectivity index (χ2v) is 3.55. The Bertz CT molecular complexity index is 413. The van der Waals surface area contributed by atoms with Crippen LogP contribution in [0.5, 0.6) is 0 Å². The van der Waals surface area contributed by atoms with Crippen LogP contribution in [0.25, 0.3) is 0 Å². The first-order valence-electron chi connectivity index (χ1n) is 5.44. The fraction of sp³-hybridized carbons (Fsp3) is 0.231. The Morgan fingerprint density at radius 3 is 2.47 bits per heavy atom. The zero-order chi connectivity index (χ0) is 12.7. The number of carbonyl (C=O) groups excluding carboxylic acids is 2. The zero-order valence-corrected chi connectivity index (χ0v) is 9.82. The minimum Gasteiger partial charge on any atom is -0.347 e. The van der Waals surface area contributed by atoms with Gasteiger partial charge in [-0.05, 0) is 5.56 Å². The molecule has 0 fully saturated rings. The fourth-order valence-electron chi connectivity index (χ4n) is 1.20. The maximum absolute atomic E-state index is 11.5. The molecule has 1 aromatic carbocycles. The van der Waals surface area contributed by atoms with Crippen molar-refractivity contribution in [3.8, 4) is 0 Å². The Balaban J connectivity index is 2.40. The molecule has 17 heavy (non-hydrogen) atoms. The molecule has 1 aromatic rings. The van der Waals surface area contributed by atoms with E-state index in [1.807, 2.05) is 30.3 Å². The molecular weight excluding hydrogens is 216 g/mol. The lowest BCUT2D eigenvalue weighted by Crippen LogP contribution is -2.33. The van der Waals surface area contributed by atoms with Crippen molar-refractivity contribution in [1.29, 1.82) is 0 Å². The first-order chi connectivity index (χ1) is 8.13. The highest BCUT2D eigenvalue weighted by molar-refractivity contribution is 5.96. The van der Waals surface area contributed by atoms with Crippen LogP contribution in [0, 0.1) is 0 Å². The molecule has 0 aromatic heterocycles. The molecule has 1 rings (SSSR count). The molecule has 90 valence electrons. The predicted molar refractivity (Wildman–Crippen MR) is 65.9 cm³/mol. The SMILES string of the molecule is C=C(NC(=O)CC)C(=O)NCc1ccccc1. The van der Waals surface area contributed by atoms with E-state index in [4.69, 9.17) is 0 Å². The third-order valence-electron chi connectivity index (χ3n) is 2.18. The minimum atomic E-state index is -0.365. The molecule has 4 nitrogen and oxygen atoms in total. The highest BCUT2D eigenvalue weighted by atomic mass is 16.2. The van der Waals surface area contributed by atoms with Crippen LogP contribution in [0.15, 0.2) is 42.6 Å². The number of hydrogen-bond donors (Lipinski definition) is 2. The third-order valence-corrected chi connectivity index (χ3v) is 2.18. The van der Waals surface area contributed by atoms with E-state index in [1.165, 1.54) is 0 Å². The Labute approximate surface area is 101 Å². The largest absolute Gasteiger partial charge is 0.347 e. The van der Waals surface area contributed by atoms with Crippen LogP contribution in [0.4, 0.5) is 0 Å². The highest BCUT2D eigenvalue weighted by Gasteiger charge is 2.08. The van der Waals surface area contributed by atoms with Gasteiger partial charge in [-0.2, -0.15) is 0 Å². The van der Waals surface area contributed by atoms with E-state index in [0.29, 0.717) is 13.0 Å². The van der Waals surface area contributed by atoms with Gasteiger partial charge >= 0.3 is 0 Å². The van der Waals surface area contributed by atoms with Gasteiger partial charge in [0, 0.05) is 13.0 Å². The van der Waals surface area contributed by atoms with E-state index in [1.54, 1.807) is 6.92 Å². The van der Waals surface area contributed by atoms with Gasteiger partial charge < -0.3 is 10.6 Å². The molecule has 4 heteroatoms. The molecule has 0 bridgehead atoms. The number of carbonyl (C=O) groups is 2. The van der Waals surface area contributed by atoms with E-state index in [9.17, 15) is 9.59 Å². The maximum atomic E-state index is 11.5. The van der Waals surface area contributed by atoms with E-state index < -0.39 is 0 Å². The summed E-state index contributed by atoms with van der Waals surface area (Å²) in [7, 11) is 0. The Kier molecular flexibility index (Phi) is 4.94. The summed E-state index contributed by atoms with van der Waals surface area (Å²) < 4.78 is 0. The summed E-state index contributed by atoms with van der Waals surface area (Å²) in [6, 6.07) is 9.53. The van der Waals surface area contributed by atoms with E-state index in [0.717, 1.165) is 5.56 Å². The Morgan fingerprint density at radius 2 is 1.88 bits per heavy atom. The normalized spacial score (nSPS) is 9.47. The van der Waals surface area contributed by atoms with Crippen LogP contribution in [0.3, 0.4) is 0 Å². The Hall–Kier alpha value is -2.10. The molecule has 0 aliphatic rings. The molecule has 0 radical (unpaired) electrons. The number of nitrogens with one attached hydrogen (secondary N) is 2. The van der Waals surface area contributed by atoms with Gasteiger partial charge in [0.2, 0.25) is 5.91 Å². The second-order valence-electron chi connectivity index (χ2n) is 3.55. The highest BCUT2D eigenvalue weighted by Crippen LogP contribution is 1.97. The molecule has 0 aliphatic heterocycles. The van der Waals surface area contributed by atoms with Gasteiger partial charge in [0.15, 0.2) is 0 Å². The molecule has 2 amide bonds. The standard InChI is InChI=1S/C13H16N2O2/c1-3-12(16)15-10(2)13(17)14-9-11-7-5-4-6-8-11/h4-8H,2-3,9H2,1H3,(H,14,17)(H,15,16). The van der Waals surface area contributed by atoms with Crippen molar-refractivity contribution in [2.75, 3.05) is 0 Å². The van der Waals surface area contributed by atoms with Gasteiger partial charge in [0.1, 0.15) is 0 Å². The van der Waals surface area contributed by atoms with Crippen LogP contribution >= 0.6 is 0 Å². The van der Waals surface area contributed by atoms with Crippen molar-refractivity contribution in [2.24, 2.45) is 0 Å². The van der Waals surface area contributed by atoms with Gasteiger partial charge in [-0.1, -0.05) is 43.8 Å². The molecule has 0 saturated carbocycles. The van der Waals surface area contributed by atoms with Crippen LogP contribution in [0.2, 0.25) is 0 Å². The summed E-state index contributed by atoms with van der Waals surface area (Å²) in [5, 5.41) is 5.10. The number of benzene rings is 1. The zero-order valence-electron chi connectivity index (χ0n) is 9.82. The van der Waals surface area contributed by atoms with Gasteiger partial charge in [-0.3, -0.25) is 9.59 Å². The fourth-order valence-corrected chi connectivity index (χ4v) is 1.20. The third kappa shape index (κ3) is 4.51. The van der Waals surface area contributed by atoms with Crippen molar-refractivity contribution >= 4 is 11.8 Å². The van der Waals surface area contributed by atoms with Gasteiger partial charge in [0.25, 0.3) is 5.91 Å². The monoisotopic (exact) mass is 232 g/mol. The molecule has 0 saturated heterocycles. The molecule has 0 heterocycles. The van der Waals surface area contributed by atoms with E-state index >= 15 is 0 Å². The van der Waals surface area contributed by atoms with Crippen LogP contribution < -0.4 is 10.6 Å². The second kappa shape index (κ2) is 6.48. The smallest absolute Gasteiger partial charge is 0.267 e. The topological polar surface area (TPSA) is 58.2 Å². The van der Waals surface area contributed by atoms with Crippen molar-refractivity contribution in [1.82, 2.24) is 10.6 Å². The summed E-state index contributed by atoms with van der Waals surface area (Å²) >= 11 is 0. The van der Waals surface area contributed by atoms with Gasteiger partial charge in [0.05, 0.1) is 5.70 Å². The predicted octanol–water partition coefficient (Wildman–Crippen LogP) is 1.34. The first-order valence-corrected chi connectivity index (χ1v) is 5.44. The van der Waals surface area contributed by atoms with Gasteiger partial charge in [-0.25, -0.2) is 0 Å². The van der Waals surface area contributed by atoms with Crippen LogP contribution in [-0.4, -0.2) is 11.8 Å². The molecular formula is C13H16N2O2. The minimum absolute atomic E-state index is 0.0766. The summed E-state index contributed by atoms with van der Waals surface area (Å²) in [4.78, 5) is 22.6. The van der Waals surface area contributed by atoms with Crippen LogP contribution in [0.1, 0.15) is 18.9 Å². The summed E-state index contributed by atoms with van der Waals surface area (Å²) in [6.45, 7) is 5.64. The maximum Gasteiger partial charge on any atom is 0.267 e. The lowest BCUT2D eigenvalue weighted by atomic mass is 10.2. The van der Waals surface area contributed by atoms with Crippen molar-refractivity contribution < 1.29 is 9.59 Å². The molecule has 0 aliphatic carbocycles. The average Bonchev–Trinajstić information content (AvgIpc) is 2.36. The molecule has 2 N–H and O–H groups in total. The lowest BCUT2D eigenvalue weighted by Gasteiger charge is -2.08. The summed E-state index contributed by atoms with van der Waals surface area (Å²) in [5.74, 6) is -0.583. The summed E-state index contributed by atoms with van der Waals surface area (Å²) in [6.07, 6.45) is 0.324. The van der Waals surface area contributed by atoms with Crippen molar-refractivity contribution in [2.45, 2.75) is 19.9 Å². The molecule has 0 atom stereocenters. The molecule has 0 unspecified atom stereocenters. The number of rotatable bonds is 5. The number of hydrogen-bond acceptors (Lipinski definition) is 2. The number of amides is 2. The van der Waals surface area contributed by atoms with Gasteiger partial charge in [-0.15, -0.1) is 0 Å². The quantitative estimate of drug-likeness (QED) is 0.753. The van der Waals surface area contributed by atoms with E-state index in [-0.39, 0.29) is 17.5 Å². The molecule has 0 spiro atoms. The average molecular weight is 232 g/mol. The van der Waals surface area contributed by atoms with Crippen molar-refractivity contribution in [3.05, 3.63) is 48.2 Å². The lowest BCUT2D eigenvalue weighted by molar-refractivity contribution is -0.123. The first kappa shape index (κ1) is 13.0. The van der Waals surface area contributed by atoms with E-state index in [2.05, 4.69) is 17.2 Å².